The fourth-order valence-corrected chi connectivity index (χ4v) is 4.63. The number of H-pyrrole nitrogens is 1. The molecule has 0 bridgehead atoms. The number of fused-ring (bicyclic) bond motifs is 2. The van der Waals surface area contributed by atoms with Crippen molar-refractivity contribution in [2.45, 2.75) is 6.54 Å². The molecule has 0 aliphatic carbocycles. The second-order valence-electron chi connectivity index (χ2n) is 9.36. The molecule has 1 amide bonds. The van der Waals surface area contributed by atoms with Crippen molar-refractivity contribution in [3.8, 4) is 28.5 Å². The molecule has 0 spiro atoms. The molecule has 11 heteroatoms. The fourth-order valence-electron chi connectivity index (χ4n) is 4.63. The van der Waals surface area contributed by atoms with Crippen molar-refractivity contribution < 1.29 is 14.4 Å². The maximum atomic E-state index is 12.7. The number of hydrogen-bond acceptors (Lipinski definition) is 8. The maximum Gasteiger partial charge on any atom is 0.251 e. The summed E-state index contributed by atoms with van der Waals surface area (Å²) < 4.78 is 7.11. The smallest absolute Gasteiger partial charge is 0.251 e. The lowest BCUT2D eigenvalue weighted by atomic mass is 10.1. The summed E-state index contributed by atoms with van der Waals surface area (Å²) >= 11 is 0. The minimum absolute atomic E-state index is 0.131. The van der Waals surface area contributed by atoms with Crippen LogP contribution < -0.4 is 10.6 Å². The Morgan fingerprint density at radius 1 is 0.976 bits per heavy atom. The second kappa shape index (κ2) is 9.97. The van der Waals surface area contributed by atoms with Crippen molar-refractivity contribution in [1.82, 2.24) is 35.0 Å². The van der Waals surface area contributed by atoms with Gasteiger partial charge in [0.2, 0.25) is 0 Å². The summed E-state index contributed by atoms with van der Waals surface area (Å²) in [6, 6.07) is 24.2. The molecule has 7 rings (SSSR count). The molecule has 11 nitrogen and oxygen atoms in total. The topological polar surface area (TPSA) is 146 Å². The van der Waals surface area contributed by atoms with Crippen LogP contribution in [0, 0.1) is 0 Å². The van der Waals surface area contributed by atoms with Crippen LogP contribution in [0.25, 0.3) is 39.0 Å². The highest BCUT2D eigenvalue weighted by Gasteiger charge is 2.14. The van der Waals surface area contributed by atoms with Gasteiger partial charge in [0, 0.05) is 45.4 Å². The van der Waals surface area contributed by atoms with Crippen LogP contribution in [0.5, 0.6) is 5.88 Å². The Morgan fingerprint density at radius 3 is 2.68 bits per heavy atom. The molecule has 0 radical (unpaired) electrons. The van der Waals surface area contributed by atoms with Crippen LogP contribution in [0.3, 0.4) is 0 Å². The molecule has 3 aromatic carbocycles. The van der Waals surface area contributed by atoms with Crippen molar-refractivity contribution in [3.63, 3.8) is 0 Å². The van der Waals surface area contributed by atoms with E-state index in [1.165, 1.54) is 6.33 Å². The number of anilines is 2. The zero-order valence-electron chi connectivity index (χ0n) is 21.4. The lowest BCUT2D eigenvalue weighted by Crippen LogP contribution is -2.22. The summed E-state index contributed by atoms with van der Waals surface area (Å²) in [6.45, 7) is 0.245. The number of carbonyl (C=O) groups excluding carboxylic acids is 1. The lowest BCUT2D eigenvalue weighted by Gasteiger charge is -2.10. The number of carbonyl (C=O) groups is 1. The van der Waals surface area contributed by atoms with Crippen molar-refractivity contribution >= 4 is 33.8 Å². The van der Waals surface area contributed by atoms with E-state index >= 15 is 0 Å². The molecular formula is C30H22N8O3. The minimum Gasteiger partial charge on any atom is -0.494 e. The maximum absolute atomic E-state index is 12.7. The molecule has 4 heterocycles. The molecular weight excluding hydrogens is 520 g/mol. The number of nitrogens with one attached hydrogen (secondary N) is 3. The predicted octanol–water partition coefficient (Wildman–Crippen LogP) is 5.31. The van der Waals surface area contributed by atoms with Crippen LogP contribution in [0.2, 0.25) is 0 Å². The molecule has 41 heavy (non-hydrogen) atoms. The molecule has 0 aliphatic rings. The van der Waals surface area contributed by atoms with Crippen molar-refractivity contribution in [1.29, 1.82) is 0 Å². The van der Waals surface area contributed by atoms with Gasteiger partial charge < -0.3 is 25.2 Å². The minimum atomic E-state index is -0.226. The normalized spacial score (nSPS) is 11.2. The van der Waals surface area contributed by atoms with E-state index in [0.717, 1.165) is 33.3 Å². The highest BCUT2D eigenvalue weighted by atomic mass is 16.5. The number of aromatic nitrogens is 6. The number of aromatic hydroxyl groups is 1. The number of aromatic amines is 1. The zero-order chi connectivity index (χ0) is 27.8. The average Bonchev–Trinajstić information content (AvgIpc) is 3.78. The van der Waals surface area contributed by atoms with Gasteiger partial charge in [-0.15, -0.1) is 0 Å². The van der Waals surface area contributed by atoms with Crippen LogP contribution >= 0.6 is 0 Å². The van der Waals surface area contributed by atoms with E-state index < -0.39 is 0 Å². The fraction of sp³-hybridized carbons (Fsp3) is 0.0333. The van der Waals surface area contributed by atoms with Gasteiger partial charge in [-0.2, -0.15) is 5.10 Å². The van der Waals surface area contributed by atoms with E-state index in [1.807, 2.05) is 54.6 Å². The number of benzene rings is 3. The van der Waals surface area contributed by atoms with Gasteiger partial charge in [0.15, 0.2) is 23.1 Å². The summed E-state index contributed by atoms with van der Waals surface area (Å²) in [5.41, 5.74) is 4.97. The van der Waals surface area contributed by atoms with Gasteiger partial charge in [0.25, 0.3) is 5.91 Å². The van der Waals surface area contributed by atoms with Gasteiger partial charge in [-0.3, -0.25) is 4.79 Å². The average molecular weight is 543 g/mol. The molecule has 200 valence electrons. The molecule has 0 saturated carbocycles. The third-order valence-corrected chi connectivity index (χ3v) is 6.73. The quantitative estimate of drug-likeness (QED) is 0.212. The second-order valence-corrected chi connectivity index (χ2v) is 9.36. The first-order valence-electron chi connectivity index (χ1n) is 12.8. The Morgan fingerprint density at radius 2 is 1.83 bits per heavy atom. The molecule has 4 N–H and O–H groups in total. The van der Waals surface area contributed by atoms with E-state index in [0.29, 0.717) is 28.5 Å². The van der Waals surface area contributed by atoms with Gasteiger partial charge in [-0.25, -0.2) is 14.5 Å². The Labute approximate surface area is 232 Å². The molecule has 7 aromatic rings. The first kappa shape index (κ1) is 24.1. The van der Waals surface area contributed by atoms with Crippen LogP contribution in [0.1, 0.15) is 16.1 Å². The van der Waals surface area contributed by atoms with Gasteiger partial charge in [-0.1, -0.05) is 41.6 Å². The molecule has 0 fully saturated rings. The van der Waals surface area contributed by atoms with E-state index in [-0.39, 0.29) is 18.3 Å². The van der Waals surface area contributed by atoms with Gasteiger partial charge in [-0.05, 0) is 36.4 Å². The van der Waals surface area contributed by atoms with Crippen molar-refractivity contribution in [2.24, 2.45) is 0 Å². The third kappa shape index (κ3) is 4.61. The molecule has 0 aliphatic heterocycles. The van der Waals surface area contributed by atoms with Crippen LogP contribution in [-0.4, -0.2) is 40.7 Å². The van der Waals surface area contributed by atoms with E-state index in [2.05, 4.69) is 35.8 Å². The Hall–Kier alpha value is -5.97. The summed E-state index contributed by atoms with van der Waals surface area (Å²) in [6.07, 6.45) is 4.93. The first-order chi connectivity index (χ1) is 20.1. The summed E-state index contributed by atoms with van der Waals surface area (Å²) in [4.78, 5) is 24.5. The number of nitrogens with zero attached hydrogens (tertiary/aromatic N) is 5. The molecule has 0 unspecified atom stereocenters. The Balaban J connectivity index is 1.04. The van der Waals surface area contributed by atoms with Gasteiger partial charge >= 0.3 is 0 Å². The van der Waals surface area contributed by atoms with Crippen LogP contribution in [-0.2, 0) is 6.54 Å². The first-order valence-corrected chi connectivity index (χ1v) is 12.8. The number of amides is 1. The highest BCUT2D eigenvalue weighted by molar-refractivity contribution is 5.94. The van der Waals surface area contributed by atoms with E-state index in [9.17, 15) is 9.90 Å². The number of hydrogen-bond donors (Lipinski definition) is 4. The van der Waals surface area contributed by atoms with Crippen LogP contribution in [0.15, 0.2) is 102 Å². The predicted molar refractivity (Wildman–Crippen MR) is 153 cm³/mol. The Bertz CT molecular complexity index is 2010. The summed E-state index contributed by atoms with van der Waals surface area (Å²) in [7, 11) is 0. The van der Waals surface area contributed by atoms with Crippen molar-refractivity contribution in [3.05, 3.63) is 109 Å². The van der Waals surface area contributed by atoms with Crippen LogP contribution in [0.4, 0.5) is 11.5 Å². The third-order valence-electron chi connectivity index (χ3n) is 6.73. The lowest BCUT2D eigenvalue weighted by molar-refractivity contribution is 0.0950. The van der Waals surface area contributed by atoms with E-state index in [1.54, 1.807) is 41.2 Å². The standard InChI is InChI=1S/C30H22N8O3/c39-29(33-15-23-13-26(41-37-23)18-4-2-1-3-5-18)19-6-9-22(10-7-19)36-27-28-34-17-35-38(28)25(16-31-27)20-8-11-24-21(12-20)14-32-30(24)40/h1-14,16-17,32,40H,15H2,(H,31,36)(H,33,39). The van der Waals surface area contributed by atoms with Gasteiger partial charge in [0.1, 0.15) is 12.0 Å². The monoisotopic (exact) mass is 542 g/mol. The van der Waals surface area contributed by atoms with Gasteiger partial charge in [0.05, 0.1) is 18.4 Å². The summed E-state index contributed by atoms with van der Waals surface area (Å²) in [5, 5.41) is 26.1. The Kier molecular flexibility index (Phi) is 5.86. The molecule has 0 saturated heterocycles. The summed E-state index contributed by atoms with van der Waals surface area (Å²) in [5.74, 6) is 1.07. The molecule has 4 aromatic heterocycles. The highest BCUT2D eigenvalue weighted by Crippen LogP contribution is 2.30. The zero-order valence-corrected chi connectivity index (χ0v) is 21.4. The largest absolute Gasteiger partial charge is 0.494 e. The SMILES string of the molecule is O=C(NCc1cc(-c2ccccc2)on1)c1ccc(Nc2ncc(-c3ccc4c(O)[nH]cc4c3)n3ncnc23)cc1. The van der Waals surface area contributed by atoms with E-state index in [4.69, 9.17) is 4.52 Å². The van der Waals surface area contributed by atoms with Crippen molar-refractivity contribution in [2.75, 3.05) is 5.32 Å². The number of rotatable bonds is 7. The molecule has 0 atom stereocenters.